The molecule has 3 N–H and O–H groups in total. The second-order valence-corrected chi connectivity index (χ2v) is 5.62. The number of sulfone groups is 1. The molecular formula is C8H18N2O3S. The monoisotopic (exact) mass is 222 g/mol. The van der Waals surface area contributed by atoms with Gasteiger partial charge >= 0.3 is 0 Å². The maximum Gasteiger partial charge on any atom is 0.237 e. The summed E-state index contributed by atoms with van der Waals surface area (Å²) < 4.78 is 23.1. The summed E-state index contributed by atoms with van der Waals surface area (Å²) in [5.41, 5.74) is 5.53. The quantitative estimate of drug-likeness (QED) is 0.642. The Labute approximate surface area is 85.0 Å². The Morgan fingerprint density at radius 1 is 1.50 bits per heavy atom. The summed E-state index contributed by atoms with van der Waals surface area (Å²) >= 11 is 0. The van der Waals surface area contributed by atoms with Gasteiger partial charge in [-0.05, 0) is 13.3 Å². The van der Waals surface area contributed by atoms with Crippen LogP contribution in [0.15, 0.2) is 0 Å². The summed E-state index contributed by atoms with van der Waals surface area (Å²) in [5, 5.41) is 1.28. The Balaban J connectivity index is 4.55. The van der Waals surface area contributed by atoms with Gasteiger partial charge in [0, 0.05) is 13.1 Å². The molecule has 0 radical (unpaired) electrons. The number of amides is 1. The van der Waals surface area contributed by atoms with Crippen molar-refractivity contribution in [2.75, 3.05) is 12.8 Å². The third-order valence-corrected chi connectivity index (χ3v) is 4.31. The average Bonchev–Trinajstić information content (AvgIpc) is 2.14. The maximum absolute atomic E-state index is 11.6. The van der Waals surface area contributed by atoms with Gasteiger partial charge in [0.2, 0.25) is 5.91 Å². The fourth-order valence-electron chi connectivity index (χ4n) is 0.927. The molecule has 5 nitrogen and oxygen atoms in total. The molecule has 14 heavy (non-hydrogen) atoms. The maximum atomic E-state index is 11.6. The highest BCUT2D eigenvalue weighted by molar-refractivity contribution is 7.92. The van der Waals surface area contributed by atoms with Crippen molar-refractivity contribution in [3.05, 3.63) is 0 Å². The van der Waals surface area contributed by atoms with Crippen LogP contribution in [-0.4, -0.2) is 38.4 Å². The Morgan fingerprint density at radius 2 is 2.00 bits per heavy atom. The van der Waals surface area contributed by atoms with E-state index in [1.54, 1.807) is 0 Å². The van der Waals surface area contributed by atoms with Crippen LogP contribution in [0, 0.1) is 0 Å². The largest absolute Gasteiger partial charge is 0.358 e. The van der Waals surface area contributed by atoms with Crippen molar-refractivity contribution in [2.45, 2.75) is 31.6 Å². The van der Waals surface area contributed by atoms with Crippen LogP contribution in [0.3, 0.4) is 0 Å². The van der Waals surface area contributed by atoms with Gasteiger partial charge < -0.3 is 11.1 Å². The van der Waals surface area contributed by atoms with Crippen molar-refractivity contribution in [1.82, 2.24) is 5.32 Å². The first-order valence-electron chi connectivity index (χ1n) is 4.53. The Bertz CT molecular complexity index is 287. The summed E-state index contributed by atoms with van der Waals surface area (Å²) in [7, 11) is -2.01. The number of carbonyl (C=O) groups excluding carboxylic acids is 1. The van der Waals surface area contributed by atoms with E-state index in [0.717, 1.165) is 0 Å². The summed E-state index contributed by atoms with van der Waals surface area (Å²) in [6.07, 6.45) is 0.583. The van der Waals surface area contributed by atoms with Crippen molar-refractivity contribution < 1.29 is 13.2 Å². The SMILES string of the molecule is CCC(N)CS(=O)(=O)C(C)C(=O)NC. The molecular weight excluding hydrogens is 204 g/mol. The number of carbonyl (C=O) groups is 1. The molecule has 0 aromatic rings. The van der Waals surface area contributed by atoms with Gasteiger partial charge in [-0.1, -0.05) is 6.92 Å². The standard InChI is InChI=1S/C8H18N2O3S/c1-4-7(9)5-14(12,13)6(2)8(11)10-3/h6-7H,4-5,9H2,1-3H3,(H,10,11). The Kier molecular flexibility index (Phi) is 5.07. The van der Waals surface area contributed by atoms with E-state index in [2.05, 4.69) is 5.32 Å². The van der Waals surface area contributed by atoms with Crippen molar-refractivity contribution in [3.63, 3.8) is 0 Å². The highest BCUT2D eigenvalue weighted by Crippen LogP contribution is 2.04. The first-order chi connectivity index (χ1) is 6.35. The molecule has 2 unspecified atom stereocenters. The zero-order valence-corrected chi connectivity index (χ0v) is 9.60. The molecule has 0 rings (SSSR count). The molecule has 0 aromatic carbocycles. The van der Waals surface area contributed by atoms with Gasteiger partial charge in [-0.3, -0.25) is 4.79 Å². The predicted molar refractivity (Wildman–Crippen MR) is 55.6 cm³/mol. The van der Waals surface area contributed by atoms with E-state index in [-0.39, 0.29) is 5.75 Å². The molecule has 0 saturated carbocycles. The van der Waals surface area contributed by atoms with Crippen molar-refractivity contribution in [3.8, 4) is 0 Å². The van der Waals surface area contributed by atoms with E-state index in [1.165, 1.54) is 14.0 Å². The highest BCUT2D eigenvalue weighted by atomic mass is 32.2. The van der Waals surface area contributed by atoms with Crippen molar-refractivity contribution in [2.24, 2.45) is 5.73 Å². The zero-order chi connectivity index (χ0) is 11.4. The molecule has 0 aliphatic heterocycles. The van der Waals surface area contributed by atoms with Crippen LogP contribution in [0.5, 0.6) is 0 Å². The second kappa shape index (κ2) is 5.31. The van der Waals surface area contributed by atoms with E-state index in [1.807, 2.05) is 6.92 Å². The fourth-order valence-corrected chi connectivity index (χ4v) is 2.49. The number of nitrogens with two attached hydrogens (primary N) is 1. The number of hydrogen-bond donors (Lipinski definition) is 2. The van der Waals surface area contributed by atoms with E-state index in [0.29, 0.717) is 6.42 Å². The van der Waals surface area contributed by atoms with Crippen molar-refractivity contribution in [1.29, 1.82) is 0 Å². The molecule has 0 heterocycles. The lowest BCUT2D eigenvalue weighted by atomic mass is 10.3. The lowest BCUT2D eigenvalue weighted by Crippen LogP contribution is -2.41. The molecule has 2 atom stereocenters. The minimum atomic E-state index is -3.42. The minimum absolute atomic E-state index is 0.141. The van der Waals surface area contributed by atoms with E-state index >= 15 is 0 Å². The van der Waals surface area contributed by atoms with Gasteiger partial charge in [0.05, 0.1) is 5.75 Å². The third-order valence-electron chi connectivity index (χ3n) is 2.13. The highest BCUT2D eigenvalue weighted by Gasteiger charge is 2.28. The number of nitrogens with one attached hydrogen (secondary N) is 1. The van der Waals surface area contributed by atoms with Crippen LogP contribution in [0.1, 0.15) is 20.3 Å². The van der Waals surface area contributed by atoms with Crippen LogP contribution in [-0.2, 0) is 14.6 Å². The lowest BCUT2D eigenvalue weighted by molar-refractivity contribution is -0.119. The molecule has 1 amide bonds. The van der Waals surface area contributed by atoms with Crippen LogP contribution >= 0.6 is 0 Å². The Hall–Kier alpha value is -0.620. The summed E-state index contributed by atoms with van der Waals surface area (Å²) in [6.45, 7) is 3.18. The third kappa shape index (κ3) is 3.63. The van der Waals surface area contributed by atoms with Crippen molar-refractivity contribution >= 4 is 15.7 Å². The van der Waals surface area contributed by atoms with Gasteiger partial charge in [0.25, 0.3) is 0 Å². The normalized spacial score (nSPS) is 16.0. The molecule has 0 aliphatic rings. The Morgan fingerprint density at radius 3 is 2.36 bits per heavy atom. The first-order valence-corrected chi connectivity index (χ1v) is 6.25. The molecule has 0 spiro atoms. The van der Waals surface area contributed by atoms with Gasteiger partial charge in [-0.25, -0.2) is 8.42 Å². The average molecular weight is 222 g/mol. The van der Waals surface area contributed by atoms with Gasteiger partial charge in [0.15, 0.2) is 9.84 Å². The molecule has 6 heteroatoms. The molecule has 0 saturated heterocycles. The van der Waals surface area contributed by atoms with Gasteiger partial charge in [-0.15, -0.1) is 0 Å². The van der Waals surface area contributed by atoms with Crippen LogP contribution in [0.4, 0.5) is 0 Å². The predicted octanol–water partition coefficient (Wildman–Crippen LogP) is -0.727. The van der Waals surface area contributed by atoms with E-state index < -0.39 is 27.0 Å². The topological polar surface area (TPSA) is 89.3 Å². The fraction of sp³-hybridized carbons (Fsp3) is 0.875. The van der Waals surface area contributed by atoms with E-state index in [4.69, 9.17) is 5.73 Å². The van der Waals surface area contributed by atoms with Gasteiger partial charge in [0.1, 0.15) is 5.25 Å². The first kappa shape index (κ1) is 13.4. The van der Waals surface area contributed by atoms with Crippen LogP contribution < -0.4 is 11.1 Å². The summed E-state index contributed by atoms with van der Waals surface area (Å²) in [5.74, 6) is -0.633. The smallest absolute Gasteiger partial charge is 0.237 e. The molecule has 84 valence electrons. The van der Waals surface area contributed by atoms with Gasteiger partial charge in [-0.2, -0.15) is 0 Å². The minimum Gasteiger partial charge on any atom is -0.358 e. The summed E-state index contributed by atoms with van der Waals surface area (Å²) in [4.78, 5) is 11.1. The van der Waals surface area contributed by atoms with Crippen LogP contribution in [0.2, 0.25) is 0 Å². The van der Waals surface area contributed by atoms with Crippen LogP contribution in [0.25, 0.3) is 0 Å². The molecule has 0 fully saturated rings. The molecule has 0 aromatic heterocycles. The number of hydrogen-bond acceptors (Lipinski definition) is 4. The second-order valence-electron chi connectivity index (χ2n) is 3.25. The molecule has 0 bridgehead atoms. The van der Waals surface area contributed by atoms with E-state index in [9.17, 15) is 13.2 Å². The molecule has 0 aliphatic carbocycles. The number of rotatable bonds is 5. The zero-order valence-electron chi connectivity index (χ0n) is 8.78. The summed E-state index contributed by atoms with van der Waals surface area (Å²) in [6, 6.07) is -0.396. The lowest BCUT2D eigenvalue weighted by Gasteiger charge is -2.14.